The summed E-state index contributed by atoms with van der Waals surface area (Å²) < 4.78 is 4.35. The second kappa shape index (κ2) is 3.25. The Balaban J connectivity index is 2.90. The van der Waals surface area contributed by atoms with Crippen LogP contribution in [0.2, 0.25) is 5.28 Å². The van der Waals surface area contributed by atoms with E-state index in [1.807, 2.05) is 0 Å². The zero-order chi connectivity index (χ0) is 8.27. The molecule has 11 heavy (non-hydrogen) atoms. The van der Waals surface area contributed by atoms with E-state index in [-0.39, 0.29) is 11.0 Å². The van der Waals surface area contributed by atoms with Gasteiger partial charge in [-0.1, -0.05) is 0 Å². The van der Waals surface area contributed by atoms with Gasteiger partial charge in [0.05, 0.1) is 13.3 Å². The van der Waals surface area contributed by atoms with Crippen LogP contribution in [0.1, 0.15) is 10.5 Å². The lowest BCUT2D eigenvalue weighted by atomic mass is 10.5. The first-order chi connectivity index (χ1) is 5.24. The number of aromatic nitrogens is 3. The lowest BCUT2D eigenvalue weighted by molar-refractivity contribution is 0.0592. The van der Waals surface area contributed by atoms with Gasteiger partial charge in [0.15, 0.2) is 5.69 Å². The predicted molar refractivity (Wildman–Crippen MR) is 36.2 cm³/mol. The van der Waals surface area contributed by atoms with Gasteiger partial charge in [0.2, 0.25) is 5.28 Å². The van der Waals surface area contributed by atoms with Crippen molar-refractivity contribution in [1.29, 1.82) is 0 Å². The molecule has 6 heteroatoms. The molecule has 0 spiro atoms. The minimum absolute atomic E-state index is 0.00217. The van der Waals surface area contributed by atoms with Gasteiger partial charge < -0.3 is 4.74 Å². The van der Waals surface area contributed by atoms with E-state index in [1.54, 1.807) is 0 Å². The fourth-order valence-corrected chi connectivity index (χ4v) is 0.546. The van der Waals surface area contributed by atoms with E-state index >= 15 is 0 Å². The summed E-state index contributed by atoms with van der Waals surface area (Å²) in [5.74, 6) is -0.582. The molecule has 0 atom stereocenters. The lowest BCUT2D eigenvalue weighted by Crippen LogP contribution is -2.06. The van der Waals surface area contributed by atoms with Crippen molar-refractivity contribution in [1.82, 2.24) is 15.2 Å². The van der Waals surface area contributed by atoms with Crippen LogP contribution in [0.15, 0.2) is 6.20 Å². The number of carbonyl (C=O) groups is 1. The molecule has 0 aliphatic heterocycles. The second-order valence-corrected chi connectivity index (χ2v) is 1.94. The van der Waals surface area contributed by atoms with E-state index in [0.29, 0.717) is 0 Å². The number of esters is 1. The van der Waals surface area contributed by atoms with E-state index < -0.39 is 5.97 Å². The first-order valence-corrected chi connectivity index (χ1v) is 3.05. The Hall–Kier alpha value is -1.23. The molecular formula is C5H4ClN3O2. The number of nitrogens with zero attached hydrogens (tertiary/aromatic N) is 3. The molecule has 5 nitrogen and oxygen atoms in total. The van der Waals surface area contributed by atoms with E-state index in [4.69, 9.17) is 11.6 Å². The minimum Gasteiger partial charge on any atom is -0.464 e. The average molecular weight is 174 g/mol. The molecule has 0 unspecified atom stereocenters. The maximum Gasteiger partial charge on any atom is 0.360 e. The van der Waals surface area contributed by atoms with Gasteiger partial charge >= 0.3 is 5.97 Å². The zero-order valence-electron chi connectivity index (χ0n) is 5.61. The van der Waals surface area contributed by atoms with Crippen molar-refractivity contribution in [3.05, 3.63) is 17.2 Å². The summed E-state index contributed by atoms with van der Waals surface area (Å²) in [6.07, 6.45) is 1.20. The van der Waals surface area contributed by atoms with Gasteiger partial charge in [-0.05, 0) is 11.6 Å². The molecule has 0 amide bonds. The lowest BCUT2D eigenvalue weighted by Gasteiger charge is -1.94. The highest BCUT2D eigenvalue weighted by Gasteiger charge is 2.07. The third-order valence-electron chi connectivity index (χ3n) is 0.928. The highest BCUT2D eigenvalue weighted by atomic mass is 35.5. The van der Waals surface area contributed by atoms with E-state index in [9.17, 15) is 4.79 Å². The number of methoxy groups -OCH3 is 1. The SMILES string of the molecule is COC(=O)c1cnc(Cl)nn1. The van der Waals surface area contributed by atoms with E-state index in [2.05, 4.69) is 19.9 Å². The Morgan fingerprint density at radius 1 is 1.64 bits per heavy atom. The predicted octanol–water partition coefficient (Wildman–Crippen LogP) is 0.312. The van der Waals surface area contributed by atoms with Gasteiger partial charge in [-0.3, -0.25) is 0 Å². The Morgan fingerprint density at radius 2 is 2.36 bits per heavy atom. The van der Waals surface area contributed by atoms with Crippen molar-refractivity contribution >= 4 is 17.6 Å². The minimum atomic E-state index is -0.582. The van der Waals surface area contributed by atoms with E-state index in [0.717, 1.165) is 0 Å². The first-order valence-electron chi connectivity index (χ1n) is 2.67. The Bertz CT molecular complexity index is 261. The second-order valence-electron chi connectivity index (χ2n) is 1.60. The Labute approximate surface area is 67.4 Å². The third-order valence-corrected chi connectivity index (χ3v) is 1.10. The van der Waals surface area contributed by atoms with Gasteiger partial charge in [0.25, 0.3) is 0 Å². The van der Waals surface area contributed by atoms with Crippen LogP contribution in [0.3, 0.4) is 0 Å². The molecule has 1 heterocycles. The van der Waals surface area contributed by atoms with Gasteiger partial charge in [0.1, 0.15) is 0 Å². The van der Waals surface area contributed by atoms with Gasteiger partial charge in [-0.15, -0.1) is 10.2 Å². The molecular weight excluding hydrogens is 170 g/mol. The van der Waals surface area contributed by atoms with Crippen molar-refractivity contribution in [3.63, 3.8) is 0 Å². The van der Waals surface area contributed by atoms with Crippen LogP contribution in [0.4, 0.5) is 0 Å². The summed E-state index contributed by atoms with van der Waals surface area (Å²) in [5.41, 5.74) is 0.0388. The molecule has 0 N–H and O–H groups in total. The van der Waals surface area contributed by atoms with E-state index in [1.165, 1.54) is 13.3 Å². The van der Waals surface area contributed by atoms with Crippen LogP contribution in [-0.2, 0) is 4.74 Å². The Kier molecular flexibility index (Phi) is 2.32. The van der Waals surface area contributed by atoms with Crippen LogP contribution in [0, 0.1) is 0 Å². The molecule has 0 aromatic carbocycles. The van der Waals surface area contributed by atoms with Gasteiger partial charge in [-0.2, -0.15) is 0 Å². The molecule has 0 saturated heterocycles. The fraction of sp³-hybridized carbons (Fsp3) is 0.200. The number of hydrogen-bond acceptors (Lipinski definition) is 5. The van der Waals surface area contributed by atoms with Gasteiger partial charge in [0, 0.05) is 0 Å². The van der Waals surface area contributed by atoms with Crippen LogP contribution in [-0.4, -0.2) is 28.3 Å². The summed E-state index contributed by atoms with van der Waals surface area (Å²) in [5, 5.41) is 6.78. The molecule has 1 aromatic rings. The highest BCUT2D eigenvalue weighted by molar-refractivity contribution is 6.28. The molecule has 0 fully saturated rings. The van der Waals surface area contributed by atoms with Crippen LogP contribution >= 0.6 is 11.6 Å². The molecule has 58 valence electrons. The van der Waals surface area contributed by atoms with Crippen molar-refractivity contribution in [2.24, 2.45) is 0 Å². The normalized spacial score (nSPS) is 9.27. The number of rotatable bonds is 1. The van der Waals surface area contributed by atoms with Crippen molar-refractivity contribution < 1.29 is 9.53 Å². The molecule has 1 aromatic heterocycles. The van der Waals surface area contributed by atoms with Crippen LogP contribution in [0.5, 0.6) is 0 Å². The number of carbonyl (C=O) groups excluding carboxylic acids is 1. The number of ether oxygens (including phenoxy) is 1. The zero-order valence-corrected chi connectivity index (χ0v) is 6.37. The van der Waals surface area contributed by atoms with Crippen LogP contribution in [0.25, 0.3) is 0 Å². The smallest absolute Gasteiger partial charge is 0.360 e. The average Bonchev–Trinajstić information content (AvgIpc) is 2.05. The van der Waals surface area contributed by atoms with Crippen molar-refractivity contribution in [2.45, 2.75) is 0 Å². The summed E-state index contributed by atoms with van der Waals surface area (Å²) in [6.45, 7) is 0. The maximum absolute atomic E-state index is 10.7. The first kappa shape index (κ1) is 7.87. The fourth-order valence-electron chi connectivity index (χ4n) is 0.459. The quantitative estimate of drug-likeness (QED) is 0.572. The van der Waals surface area contributed by atoms with Gasteiger partial charge in [-0.25, -0.2) is 9.78 Å². The topological polar surface area (TPSA) is 65.0 Å². The number of halogens is 1. The molecule has 0 radical (unpaired) electrons. The maximum atomic E-state index is 10.7. The third kappa shape index (κ3) is 1.84. The largest absolute Gasteiger partial charge is 0.464 e. The summed E-state index contributed by atoms with van der Waals surface area (Å²) in [6, 6.07) is 0. The molecule has 0 saturated carbocycles. The summed E-state index contributed by atoms with van der Waals surface area (Å²) >= 11 is 5.32. The molecule has 1 rings (SSSR count). The van der Waals surface area contributed by atoms with Crippen molar-refractivity contribution in [3.8, 4) is 0 Å². The molecule has 0 bridgehead atoms. The number of hydrogen-bond donors (Lipinski definition) is 0. The standard InChI is InChI=1S/C5H4ClN3O2/c1-11-4(10)3-2-7-5(6)9-8-3/h2H,1H3. The Morgan fingerprint density at radius 3 is 2.82 bits per heavy atom. The summed E-state index contributed by atoms with van der Waals surface area (Å²) in [7, 11) is 1.25. The molecule has 0 aliphatic rings. The van der Waals surface area contributed by atoms with Crippen molar-refractivity contribution in [2.75, 3.05) is 7.11 Å². The van der Waals surface area contributed by atoms with Crippen LogP contribution < -0.4 is 0 Å². The molecule has 0 aliphatic carbocycles. The monoisotopic (exact) mass is 173 g/mol. The summed E-state index contributed by atoms with van der Waals surface area (Å²) in [4.78, 5) is 14.3. The highest BCUT2D eigenvalue weighted by Crippen LogP contribution is 1.97.